The molecule has 0 saturated heterocycles. The number of carbonyl (C=O) groups excluding carboxylic acids is 1. The topological polar surface area (TPSA) is 55.1 Å². The summed E-state index contributed by atoms with van der Waals surface area (Å²) in [5.74, 6) is -0.0125. The molecule has 1 aliphatic carbocycles. The van der Waals surface area contributed by atoms with Gasteiger partial charge < -0.3 is 11.1 Å². The molecule has 1 aromatic carbocycles. The Kier molecular flexibility index (Phi) is 3.66. The molecule has 0 radical (unpaired) electrons. The van der Waals surface area contributed by atoms with E-state index in [1.54, 1.807) is 19.1 Å². The first kappa shape index (κ1) is 13.0. The largest absolute Gasteiger partial charge is 0.354 e. The highest BCUT2D eigenvalue weighted by atomic mass is 19.1. The van der Waals surface area contributed by atoms with E-state index >= 15 is 0 Å². The number of halogens is 1. The summed E-state index contributed by atoms with van der Waals surface area (Å²) in [4.78, 5) is 11.9. The van der Waals surface area contributed by atoms with Gasteiger partial charge in [0.25, 0.3) is 0 Å². The highest BCUT2D eigenvalue weighted by molar-refractivity contribution is 5.86. The summed E-state index contributed by atoms with van der Waals surface area (Å²) >= 11 is 0. The van der Waals surface area contributed by atoms with Crippen molar-refractivity contribution in [1.82, 2.24) is 5.32 Å². The molecular weight excluding hydrogens is 231 g/mol. The van der Waals surface area contributed by atoms with Gasteiger partial charge in [-0.3, -0.25) is 4.79 Å². The van der Waals surface area contributed by atoms with E-state index in [-0.39, 0.29) is 11.7 Å². The molecule has 98 valence electrons. The molecule has 0 heterocycles. The summed E-state index contributed by atoms with van der Waals surface area (Å²) in [6.45, 7) is 2.32. The van der Waals surface area contributed by atoms with Crippen LogP contribution in [0, 0.1) is 11.7 Å². The lowest BCUT2D eigenvalue weighted by molar-refractivity contribution is -0.126. The number of amides is 1. The predicted molar refractivity (Wildman–Crippen MR) is 68.4 cm³/mol. The fourth-order valence-electron chi connectivity index (χ4n) is 2.03. The molecule has 2 rings (SSSR count). The van der Waals surface area contributed by atoms with Gasteiger partial charge in [0.05, 0.1) is 5.54 Å². The molecule has 1 fully saturated rings. The fraction of sp³-hybridized carbons (Fsp3) is 0.500. The first-order valence-corrected chi connectivity index (χ1v) is 6.32. The van der Waals surface area contributed by atoms with E-state index in [0.717, 1.165) is 18.4 Å². The van der Waals surface area contributed by atoms with E-state index in [0.29, 0.717) is 18.9 Å². The van der Waals surface area contributed by atoms with Crippen molar-refractivity contribution in [2.24, 2.45) is 11.7 Å². The number of benzene rings is 1. The molecule has 1 aliphatic rings. The third-order valence-electron chi connectivity index (χ3n) is 3.53. The zero-order chi connectivity index (χ0) is 13.2. The number of carbonyl (C=O) groups is 1. The highest BCUT2D eigenvalue weighted by Crippen LogP contribution is 2.38. The fourth-order valence-corrected chi connectivity index (χ4v) is 2.03. The van der Waals surface area contributed by atoms with Crippen LogP contribution < -0.4 is 11.1 Å². The quantitative estimate of drug-likeness (QED) is 0.834. The summed E-state index contributed by atoms with van der Waals surface area (Å²) < 4.78 is 12.7. The predicted octanol–water partition coefficient (Wildman–Crippen LogP) is 1.61. The van der Waals surface area contributed by atoms with Gasteiger partial charge in [-0.05, 0) is 49.8 Å². The summed E-state index contributed by atoms with van der Waals surface area (Å²) in [6, 6.07) is 6.30. The normalized spacial score (nSPS) is 18.2. The Balaban J connectivity index is 1.78. The Bertz CT molecular complexity index is 424. The van der Waals surface area contributed by atoms with Crippen LogP contribution in [0.5, 0.6) is 0 Å². The average molecular weight is 250 g/mol. The minimum Gasteiger partial charge on any atom is -0.354 e. The van der Waals surface area contributed by atoms with Gasteiger partial charge in [-0.2, -0.15) is 0 Å². The third-order valence-corrected chi connectivity index (χ3v) is 3.53. The summed E-state index contributed by atoms with van der Waals surface area (Å²) in [7, 11) is 0. The molecule has 0 spiro atoms. The Morgan fingerprint density at radius 3 is 2.61 bits per heavy atom. The maximum atomic E-state index is 12.7. The van der Waals surface area contributed by atoms with Crippen molar-refractivity contribution in [3.63, 3.8) is 0 Å². The van der Waals surface area contributed by atoms with Gasteiger partial charge in [-0.15, -0.1) is 0 Å². The van der Waals surface area contributed by atoms with Crippen LogP contribution in [0.4, 0.5) is 4.39 Å². The molecule has 1 aromatic rings. The lowest BCUT2D eigenvalue weighted by Gasteiger charge is -2.23. The van der Waals surface area contributed by atoms with E-state index in [1.807, 2.05) is 0 Å². The molecular formula is C14H19FN2O. The molecule has 3 nitrogen and oxygen atoms in total. The van der Waals surface area contributed by atoms with Crippen molar-refractivity contribution in [3.05, 3.63) is 35.6 Å². The number of rotatable bonds is 5. The molecule has 1 atom stereocenters. The van der Waals surface area contributed by atoms with Crippen LogP contribution in [0.1, 0.15) is 25.3 Å². The van der Waals surface area contributed by atoms with Crippen LogP contribution in [0.2, 0.25) is 0 Å². The van der Waals surface area contributed by atoms with Crippen LogP contribution in [-0.4, -0.2) is 18.0 Å². The Morgan fingerprint density at radius 2 is 2.06 bits per heavy atom. The molecule has 1 saturated carbocycles. The van der Waals surface area contributed by atoms with Crippen LogP contribution in [0.15, 0.2) is 24.3 Å². The van der Waals surface area contributed by atoms with Gasteiger partial charge in [0, 0.05) is 6.54 Å². The van der Waals surface area contributed by atoms with Crippen molar-refractivity contribution in [2.45, 2.75) is 31.7 Å². The van der Waals surface area contributed by atoms with Gasteiger partial charge in [0.15, 0.2) is 0 Å². The minimum atomic E-state index is -0.747. The van der Waals surface area contributed by atoms with Crippen molar-refractivity contribution < 1.29 is 9.18 Å². The molecule has 3 N–H and O–H groups in total. The van der Waals surface area contributed by atoms with E-state index in [9.17, 15) is 9.18 Å². The zero-order valence-corrected chi connectivity index (χ0v) is 10.6. The van der Waals surface area contributed by atoms with E-state index < -0.39 is 5.54 Å². The number of nitrogens with two attached hydrogens (primary N) is 1. The van der Waals surface area contributed by atoms with Crippen molar-refractivity contribution in [1.29, 1.82) is 0 Å². The molecule has 18 heavy (non-hydrogen) atoms. The number of hydrogen-bond acceptors (Lipinski definition) is 2. The maximum Gasteiger partial charge on any atom is 0.240 e. The third kappa shape index (κ3) is 3.07. The first-order chi connectivity index (χ1) is 8.50. The van der Waals surface area contributed by atoms with Crippen LogP contribution in [0.3, 0.4) is 0 Å². The van der Waals surface area contributed by atoms with Crippen molar-refractivity contribution in [3.8, 4) is 0 Å². The molecule has 1 unspecified atom stereocenters. The van der Waals surface area contributed by atoms with E-state index in [2.05, 4.69) is 5.32 Å². The molecule has 4 heteroatoms. The second-order valence-corrected chi connectivity index (χ2v) is 5.19. The van der Waals surface area contributed by atoms with Crippen molar-refractivity contribution in [2.75, 3.05) is 6.54 Å². The highest BCUT2D eigenvalue weighted by Gasteiger charge is 2.43. The SMILES string of the molecule is CC(N)(C(=O)NCCc1ccc(F)cc1)C1CC1. The van der Waals surface area contributed by atoms with E-state index in [1.165, 1.54) is 12.1 Å². The minimum absolute atomic E-state index is 0.0906. The monoisotopic (exact) mass is 250 g/mol. The number of hydrogen-bond donors (Lipinski definition) is 2. The van der Waals surface area contributed by atoms with Crippen molar-refractivity contribution >= 4 is 5.91 Å². The van der Waals surface area contributed by atoms with Gasteiger partial charge in [0.2, 0.25) is 5.91 Å². The zero-order valence-electron chi connectivity index (χ0n) is 10.6. The molecule has 1 amide bonds. The molecule has 0 aromatic heterocycles. The Morgan fingerprint density at radius 1 is 1.44 bits per heavy atom. The smallest absolute Gasteiger partial charge is 0.240 e. The molecule has 0 aliphatic heterocycles. The van der Waals surface area contributed by atoms with Gasteiger partial charge >= 0.3 is 0 Å². The van der Waals surface area contributed by atoms with Crippen LogP contribution in [-0.2, 0) is 11.2 Å². The van der Waals surface area contributed by atoms with E-state index in [4.69, 9.17) is 5.73 Å². The first-order valence-electron chi connectivity index (χ1n) is 6.32. The Labute approximate surface area is 107 Å². The average Bonchev–Trinajstić information content (AvgIpc) is 3.15. The second kappa shape index (κ2) is 5.06. The summed E-state index contributed by atoms with van der Waals surface area (Å²) in [5, 5.41) is 2.85. The lowest BCUT2D eigenvalue weighted by Crippen LogP contribution is -2.53. The standard InChI is InChI=1S/C14H19FN2O/c1-14(16,11-4-5-11)13(18)17-9-8-10-2-6-12(15)7-3-10/h2-3,6-7,11H,4-5,8-9,16H2,1H3,(H,17,18). The number of nitrogens with one attached hydrogen (secondary N) is 1. The van der Waals surface area contributed by atoms with Crippen LogP contribution >= 0.6 is 0 Å². The Hall–Kier alpha value is -1.42. The van der Waals surface area contributed by atoms with Gasteiger partial charge in [-0.1, -0.05) is 12.1 Å². The lowest BCUT2D eigenvalue weighted by atomic mass is 9.96. The summed E-state index contributed by atoms with van der Waals surface area (Å²) in [5.41, 5.74) is 6.26. The second-order valence-electron chi connectivity index (χ2n) is 5.19. The maximum absolute atomic E-state index is 12.7. The van der Waals surface area contributed by atoms with Gasteiger partial charge in [0.1, 0.15) is 5.82 Å². The van der Waals surface area contributed by atoms with Crippen LogP contribution in [0.25, 0.3) is 0 Å². The van der Waals surface area contributed by atoms with Gasteiger partial charge in [-0.25, -0.2) is 4.39 Å². The summed E-state index contributed by atoms with van der Waals surface area (Å²) in [6.07, 6.45) is 2.77. The molecule has 0 bridgehead atoms.